The van der Waals surface area contributed by atoms with Gasteiger partial charge >= 0.3 is 6.18 Å². The van der Waals surface area contributed by atoms with E-state index >= 15 is 0 Å². The Bertz CT molecular complexity index is 1490. The maximum Gasteiger partial charge on any atom is 0.398 e. The number of fused-ring (bicyclic) bond motifs is 1. The topological polar surface area (TPSA) is 71.2 Å². The van der Waals surface area contributed by atoms with Gasteiger partial charge < -0.3 is 10.0 Å². The average Bonchev–Trinajstić information content (AvgIpc) is 3.32. The summed E-state index contributed by atoms with van der Waals surface area (Å²) < 4.78 is 45.4. The van der Waals surface area contributed by atoms with Crippen molar-refractivity contribution in [1.29, 1.82) is 0 Å². The van der Waals surface area contributed by atoms with Gasteiger partial charge in [-0.1, -0.05) is 60.7 Å². The van der Waals surface area contributed by atoms with E-state index in [1.165, 1.54) is 0 Å². The van der Waals surface area contributed by atoms with Crippen molar-refractivity contribution < 1.29 is 23.1 Å². The van der Waals surface area contributed by atoms with Crippen LogP contribution in [0.1, 0.15) is 64.4 Å². The van der Waals surface area contributed by atoms with Gasteiger partial charge in [0.1, 0.15) is 23.9 Å². The molecule has 1 aliphatic carbocycles. The van der Waals surface area contributed by atoms with Gasteiger partial charge in [-0.2, -0.15) is 18.3 Å². The van der Waals surface area contributed by atoms with Gasteiger partial charge in [0.25, 0.3) is 0 Å². The lowest BCUT2D eigenvalue weighted by atomic mass is 9.78. The lowest BCUT2D eigenvalue weighted by Gasteiger charge is -2.34. The van der Waals surface area contributed by atoms with Crippen molar-refractivity contribution >= 4 is 11.6 Å². The molecule has 0 saturated carbocycles. The first kappa shape index (κ1) is 27.2. The van der Waals surface area contributed by atoms with Crippen LogP contribution in [0, 0.1) is 6.92 Å². The van der Waals surface area contributed by atoms with Crippen LogP contribution < -0.4 is 4.90 Å². The molecule has 1 N–H and O–H groups in total. The number of alkyl halides is 3. The summed E-state index contributed by atoms with van der Waals surface area (Å²) in [6.45, 7) is 3.22. The van der Waals surface area contributed by atoms with E-state index in [4.69, 9.17) is 5.10 Å². The van der Waals surface area contributed by atoms with Crippen molar-refractivity contribution in [2.24, 2.45) is 0 Å². The molecule has 4 aromatic rings. The van der Waals surface area contributed by atoms with E-state index in [1.807, 2.05) is 79.7 Å². The number of piperidine rings is 1. The van der Waals surface area contributed by atoms with Gasteiger partial charge in [-0.05, 0) is 48.6 Å². The number of Topliss-reactive ketones (excluding diaryl/α,β-unsaturated/α-hetero) is 1. The Kier molecular flexibility index (Phi) is 7.15. The number of rotatable bonds is 5. The Labute approximate surface area is 236 Å². The summed E-state index contributed by atoms with van der Waals surface area (Å²) in [7, 11) is 0. The van der Waals surface area contributed by atoms with Gasteiger partial charge in [0.05, 0.1) is 17.8 Å². The van der Waals surface area contributed by atoms with E-state index in [2.05, 4.69) is 9.88 Å². The Morgan fingerprint density at radius 3 is 2.12 bits per heavy atom. The van der Waals surface area contributed by atoms with Crippen LogP contribution >= 0.6 is 0 Å². The number of carbonyl (C=O) groups is 1. The summed E-state index contributed by atoms with van der Waals surface area (Å²) >= 11 is 0. The Balaban J connectivity index is 1.48. The highest BCUT2D eigenvalue weighted by molar-refractivity contribution is 5.88. The van der Waals surface area contributed by atoms with Crippen LogP contribution in [0.25, 0.3) is 0 Å². The first-order valence-corrected chi connectivity index (χ1v) is 13.9. The van der Waals surface area contributed by atoms with Crippen LogP contribution in [0.4, 0.5) is 19.0 Å². The van der Waals surface area contributed by atoms with Crippen LogP contribution in [-0.4, -0.2) is 51.0 Å². The van der Waals surface area contributed by atoms with Crippen LogP contribution in [0.3, 0.4) is 0 Å². The predicted molar refractivity (Wildman–Crippen MR) is 149 cm³/mol. The molecule has 2 aliphatic rings. The number of hydrogen-bond donors (Lipinski definition) is 1. The van der Waals surface area contributed by atoms with E-state index in [1.54, 1.807) is 10.9 Å². The van der Waals surface area contributed by atoms with Crippen molar-refractivity contribution in [3.8, 4) is 0 Å². The molecule has 2 atom stereocenters. The first-order valence-electron chi connectivity index (χ1n) is 13.9. The van der Waals surface area contributed by atoms with Crippen LogP contribution in [0.2, 0.25) is 0 Å². The monoisotopic (exact) mass is 560 g/mol. The van der Waals surface area contributed by atoms with Crippen molar-refractivity contribution in [3.05, 3.63) is 113 Å². The minimum absolute atomic E-state index is 0.0337. The number of aliphatic hydroxyl groups excluding tert-OH is 1. The second-order valence-corrected chi connectivity index (χ2v) is 11.0. The molecule has 0 bridgehead atoms. The van der Waals surface area contributed by atoms with Crippen molar-refractivity contribution in [1.82, 2.24) is 14.8 Å². The fourth-order valence-corrected chi connectivity index (χ4v) is 6.31. The SMILES string of the molecule is Cc1ccnc(N2CCC(c3nn(C(c4ccccc4)c4ccccc4)c4c3[C@H](C(F)(F)F)[C@H](O)C(=O)C4)CC2)c1. The van der Waals surface area contributed by atoms with Gasteiger partial charge in [-0.3, -0.25) is 9.48 Å². The number of carbonyl (C=O) groups excluding carboxylic acids is 1. The van der Waals surface area contributed by atoms with Crippen molar-refractivity contribution in [2.75, 3.05) is 18.0 Å². The normalized spacial score (nSPS) is 20.0. The third-order valence-electron chi connectivity index (χ3n) is 8.31. The molecule has 0 unspecified atom stereocenters. The number of anilines is 1. The van der Waals surface area contributed by atoms with E-state index < -0.39 is 30.0 Å². The first-order chi connectivity index (χ1) is 19.7. The quantitative estimate of drug-likeness (QED) is 0.337. The molecule has 3 heterocycles. The Hall–Kier alpha value is -3.98. The molecular formula is C32H31F3N4O2. The molecule has 1 saturated heterocycles. The van der Waals surface area contributed by atoms with E-state index in [9.17, 15) is 23.1 Å². The number of pyridine rings is 1. The summed E-state index contributed by atoms with van der Waals surface area (Å²) in [6.07, 6.45) is -4.35. The van der Waals surface area contributed by atoms with Gasteiger partial charge in [0, 0.05) is 30.8 Å². The smallest absolute Gasteiger partial charge is 0.384 e. The van der Waals surface area contributed by atoms with Gasteiger partial charge in [0.2, 0.25) is 0 Å². The Morgan fingerprint density at radius 1 is 0.951 bits per heavy atom. The van der Waals surface area contributed by atoms with Gasteiger partial charge in [-0.15, -0.1) is 0 Å². The highest BCUT2D eigenvalue weighted by atomic mass is 19.4. The highest BCUT2D eigenvalue weighted by Crippen LogP contribution is 2.48. The minimum Gasteiger partial charge on any atom is -0.384 e. The lowest BCUT2D eigenvalue weighted by molar-refractivity contribution is -0.179. The number of benzene rings is 2. The molecule has 9 heteroatoms. The van der Waals surface area contributed by atoms with E-state index in [-0.39, 0.29) is 23.6 Å². The number of aliphatic hydroxyl groups is 1. The standard InChI is InChI=1S/C32H31F3N4O2/c1-20-12-15-36-26(18-20)38-16-13-21(14-17-38)29-27-24(19-25(40)31(41)28(27)32(33,34)35)39(37-29)30(22-8-4-2-5-9-22)23-10-6-3-7-11-23/h2-12,15,18,21,28,30-31,41H,13-14,16-17,19H2,1H3/t28-,31+/m0/s1. The molecular weight excluding hydrogens is 529 g/mol. The maximum absolute atomic E-state index is 14.6. The molecule has 1 fully saturated rings. The number of aromatic nitrogens is 3. The highest BCUT2D eigenvalue weighted by Gasteiger charge is 2.54. The third-order valence-corrected chi connectivity index (χ3v) is 8.31. The van der Waals surface area contributed by atoms with Gasteiger partial charge in [-0.25, -0.2) is 4.98 Å². The lowest BCUT2D eigenvalue weighted by Crippen LogP contribution is -2.43. The van der Waals surface area contributed by atoms with E-state index in [0.29, 0.717) is 31.6 Å². The number of nitrogens with zero attached hydrogens (tertiary/aromatic N) is 4. The molecule has 2 aromatic heterocycles. The molecule has 212 valence electrons. The maximum atomic E-state index is 14.6. The van der Waals surface area contributed by atoms with Crippen LogP contribution in [0.5, 0.6) is 0 Å². The second-order valence-electron chi connectivity index (χ2n) is 11.0. The van der Waals surface area contributed by atoms with Crippen molar-refractivity contribution in [2.45, 2.75) is 56.3 Å². The van der Waals surface area contributed by atoms with Crippen molar-refractivity contribution in [3.63, 3.8) is 0 Å². The molecule has 2 aromatic carbocycles. The summed E-state index contributed by atoms with van der Waals surface area (Å²) in [6, 6.07) is 22.3. The molecule has 6 nitrogen and oxygen atoms in total. The number of halogens is 3. The fraction of sp³-hybridized carbons (Fsp3) is 0.344. The minimum atomic E-state index is -4.81. The fourth-order valence-electron chi connectivity index (χ4n) is 6.31. The Morgan fingerprint density at radius 2 is 1.56 bits per heavy atom. The molecule has 0 amide bonds. The summed E-state index contributed by atoms with van der Waals surface area (Å²) in [5.74, 6) is -2.57. The zero-order valence-corrected chi connectivity index (χ0v) is 22.6. The number of hydrogen-bond acceptors (Lipinski definition) is 5. The summed E-state index contributed by atoms with van der Waals surface area (Å²) in [4.78, 5) is 19.5. The molecule has 41 heavy (non-hydrogen) atoms. The van der Waals surface area contributed by atoms with E-state index in [0.717, 1.165) is 22.5 Å². The molecule has 0 spiro atoms. The number of ketones is 1. The largest absolute Gasteiger partial charge is 0.398 e. The predicted octanol–water partition coefficient (Wildman–Crippen LogP) is 5.74. The molecule has 6 rings (SSSR count). The molecule has 1 aliphatic heterocycles. The molecule has 0 radical (unpaired) electrons. The number of aryl methyl sites for hydroxylation is 1. The summed E-state index contributed by atoms with van der Waals surface area (Å²) in [5, 5.41) is 15.6. The summed E-state index contributed by atoms with van der Waals surface area (Å²) in [5.41, 5.74) is 3.31. The average molecular weight is 561 g/mol. The third kappa shape index (κ3) is 5.14. The van der Waals surface area contributed by atoms with Crippen LogP contribution in [-0.2, 0) is 11.2 Å². The zero-order valence-electron chi connectivity index (χ0n) is 22.6. The van der Waals surface area contributed by atoms with Crippen LogP contribution in [0.15, 0.2) is 79.0 Å². The van der Waals surface area contributed by atoms with Gasteiger partial charge in [0.15, 0.2) is 5.78 Å². The zero-order chi connectivity index (χ0) is 28.7. The second kappa shape index (κ2) is 10.8.